The van der Waals surface area contributed by atoms with Crippen LogP contribution in [-0.4, -0.2) is 28.8 Å². The molecule has 1 fully saturated rings. The van der Waals surface area contributed by atoms with Crippen LogP contribution in [0.1, 0.15) is 18.4 Å². The topological polar surface area (TPSA) is 32.3 Å². The van der Waals surface area contributed by atoms with Gasteiger partial charge >= 0.3 is 0 Å². The quantitative estimate of drug-likeness (QED) is 0.883. The van der Waals surface area contributed by atoms with Gasteiger partial charge in [-0.25, -0.2) is 0 Å². The van der Waals surface area contributed by atoms with Gasteiger partial charge in [-0.2, -0.15) is 11.8 Å². The first-order valence-corrected chi connectivity index (χ1v) is 9.06. The first-order valence-electron chi connectivity index (χ1n) is 7.90. The SMILES string of the molecule is OC1(CNCc2cccc(-c3ccccc3)c2)CCSCC1. The number of hydrogen-bond acceptors (Lipinski definition) is 3. The Hall–Kier alpha value is -1.29. The standard InChI is InChI=1S/C19H23NOS/c21-19(9-11-22-12-10-19)15-20-14-16-5-4-8-18(13-16)17-6-2-1-3-7-17/h1-8,13,20-21H,9-12,14-15H2. The summed E-state index contributed by atoms with van der Waals surface area (Å²) >= 11 is 1.94. The van der Waals surface area contributed by atoms with Crippen molar-refractivity contribution in [3.8, 4) is 11.1 Å². The molecule has 0 atom stereocenters. The van der Waals surface area contributed by atoms with Crippen LogP contribution in [0.3, 0.4) is 0 Å². The summed E-state index contributed by atoms with van der Waals surface area (Å²) in [5.41, 5.74) is 3.23. The van der Waals surface area contributed by atoms with Crippen LogP contribution in [0.25, 0.3) is 11.1 Å². The summed E-state index contributed by atoms with van der Waals surface area (Å²) in [5.74, 6) is 2.14. The highest BCUT2D eigenvalue weighted by molar-refractivity contribution is 7.99. The van der Waals surface area contributed by atoms with Crippen LogP contribution in [0.15, 0.2) is 54.6 Å². The second-order valence-electron chi connectivity index (χ2n) is 6.01. The summed E-state index contributed by atoms with van der Waals surface area (Å²) in [4.78, 5) is 0. The van der Waals surface area contributed by atoms with Gasteiger partial charge in [0.05, 0.1) is 5.60 Å². The van der Waals surface area contributed by atoms with Gasteiger partial charge in [0.15, 0.2) is 0 Å². The Morgan fingerprint density at radius 1 is 0.955 bits per heavy atom. The lowest BCUT2D eigenvalue weighted by atomic mass is 9.96. The fourth-order valence-corrected chi connectivity index (χ4v) is 4.11. The van der Waals surface area contributed by atoms with E-state index in [1.807, 2.05) is 17.8 Å². The average molecular weight is 313 g/mol. The molecule has 0 aromatic heterocycles. The monoisotopic (exact) mass is 313 g/mol. The van der Waals surface area contributed by atoms with Crippen LogP contribution in [0, 0.1) is 0 Å². The van der Waals surface area contributed by atoms with Gasteiger partial charge in [0.1, 0.15) is 0 Å². The first-order chi connectivity index (χ1) is 10.8. The molecule has 2 nitrogen and oxygen atoms in total. The van der Waals surface area contributed by atoms with E-state index < -0.39 is 5.60 Å². The van der Waals surface area contributed by atoms with Crippen molar-refractivity contribution >= 4 is 11.8 Å². The third kappa shape index (κ3) is 4.13. The molecule has 116 valence electrons. The van der Waals surface area contributed by atoms with E-state index in [0.717, 1.165) is 30.9 Å². The molecule has 3 rings (SSSR count). The van der Waals surface area contributed by atoms with Gasteiger partial charge in [0.25, 0.3) is 0 Å². The molecule has 2 N–H and O–H groups in total. The molecule has 0 bridgehead atoms. The number of hydrogen-bond donors (Lipinski definition) is 2. The summed E-state index contributed by atoms with van der Waals surface area (Å²) in [5, 5.41) is 13.9. The maximum atomic E-state index is 10.5. The molecule has 0 radical (unpaired) electrons. The lowest BCUT2D eigenvalue weighted by Gasteiger charge is -2.32. The van der Waals surface area contributed by atoms with Crippen molar-refractivity contribution in [2.75, 3.05) is 18.1 Å². The Kier molecular flexibility index (Phi) is 5.19. The molecule has 2 aromatic carbocycles. The van der Waals surface area contributed by atoms with Crippen molar-refractivity contribution in [3.63, 3.8) is 0 Å². The van der Waals surface area contributed by atoms with Crippen molar-refractivity contribution < 1.29 is 5.11 Å². The van der Waals surface area contributed by atoms with Crippen molar-refractivity contribution in [3.05, 3.63) is 60.2 Å². The zero-order valence-corrected chi connectivity index (χ0v) is 13.6. The largest absolute Gasteiger partial charge is 0.389 e. The Labute approximate surface area is 137 Å². The second kappa shape index (κ2) is 7.32. The van der Waals surface area contributed by atoms with E-state index in [2.05, 4.69) is 53.8 Å². The predicted octanol–water partition coefficient (Wildman–Crippen LogP) is 3.70. The van der Waals surface area contributed by atoms with Crippen molar-refractivity contribution in [2.24, 2.45) is 0 Å². The number of benzene rings is 2. The minimum atomic E-state index is -0.512. The number of nitrogens with one attached hydrogen (secondary N) is 1. The van der Waals surface area contributed by atoms with Crippen molar-refractivity contribution in [1.29, 1.82) is 0 Å². The lowest BCUT2D eigenvalue weighted by Crippen LogP contribution is -2.43. The molecule has 0 spiro atoms. The normalized spacial score (nSPS) is 17.3. The Balaban J connectivity index is 1.59. The number of aliphatic hydroxyl groups is 1. The molecule has 0 aliphatic carbocycles. The van der Waals surface area contributed by atoms with Gasteiger partial charge in [-0.15, -0.1) is 0 Å². The summed E-state index contributed by atoms with van der Waals surface area (Å²) in [6.45, 7) is 1.49. The minimum absolute atomic E-state index is 0.512. The molecule has 22 heavy (non-hydrogen) atoms. The van der Waals surface area contributed by atoms with Gasteiger partial charge in [-0.3, -0.25) is 0 Å². The highest BCUT2D eigenvalue weighted by Gasteiger charge is 2.28. The molecule has 0 unspecified atom stereocenters. The zero-order valence-electron chi connectivity index (χ0n) is 12.8. The van der Waals surface area contributed by atoms with Crippen molar-refractivity contribution in [1.82, 2.24) is 5.32 Å². The predicted molar refractivity (Wildman–Crippen MR) is 95.1 cm³/mol. The molecular weight excluding hydrogens is 290 g/mol. The van der Waals surface area contributed by atoms with Crippen LogP contribution in [-0.2, 0) is 6.54 Å². The molecule has 0 amide bonds. The van der Waals surface area contributed by atoms with Crippen LogP contribution in [0.2, 0.25) is 0 Å². The van der Waals surface area contributed by atoms with Gasteiger partial charge in [0.2, 0.25) is 0 Å². The van der Waals surface area contributed by atoms with Gasteiger partial charge in [0, 0.05) is 13.1 Å². The van der Waals surface area contributed by atoms with Gasteiger partial charge in [-0.1, -0.05) is 48.5 Å². The number of thioether (sulfide) groups is 1. The average Bonchev–Trinajstić information content (AvgIpc) is 2.56. The third-order valence-corrected chi connectivity index (χ3v) is 5.23. The zero-order chi connectivity index (χ0) is 15.3. The van der Waals surface area contributed by atoms with E-state index in [4.69, 9.17) is 0 Å². The maximum Gasteiger partial charge on any atom is 0.0787 e. The highest BCUT2D eigenvalue weighted by atomic mass is 32.2. The maximum absolute atomic E-state index is 10.5. The Morgan fingerprint density at radius 2 is 1.68 bits per heavy atom. The molecule has 1 saturated heterocycles. The highest BCUT2D eigenvalue weighted by Crippen LogP contribution is 2.26. The van der Waals surface area contributed by atoms with Gasteiger partial charge < -0.3 is 10.4 Å². The van der Waals surface area contributed by atoms with E-state index in [0.29, 0.717) is 6.54 Å². The molecule has 1 heterocycles. The van der Waals surface area contributed by atoms with E-state index in [1.165, 1.54) is 16.7 Å². The van der Waals surface area contributed by atoms with Crippen LogP contribution in [0.5, 0.6) is 0 Å². The second-order valence-corrected chi connectivity index (χ2v) is 7.23. The minimum Gasteiger partial charge on any atom is -0.389 e. The summed E-state index contributed by atoms with van der Waals surface area (Å²) < 4.78 is 0. The molecule has 3 heteroatoms. The summed E-state index contributed by atoms with van der Waals surface area (Å²) in [6, 6.07) is 19.1. The Morgan fingerprint density at radius 3 is 2.45 bits per heavy atom. The van der Waals surface area contributed by atoms with E-state index in [1.54, 1.807) is 0 Å². The van der Waals surface area contributed by atoms with Crippen LogP contribution in [0.4, 0.5) is 0 Å². The smallest absolute Gasteiger partial charge is 0.0787 e. The van der Waals surface area contributed by atoms with Crippen molar-refractivity contribution in [2.45, 2.75) is 25.0 Å². The Bertz CT molecular complexity index is 593. The molecule has 1 aliphatic heterocycles. The number of rotatable bonds is 5. The fraction of sp³-hybridized carbons (Fsp3) is 0.368. The van der Waals surface area contributed by atoms with Crippen LogP contribution < -0.4 is 5.32 Å². The third-order valence-electron chi connectivity index (χ3n) is 4.24. The summed E-state index contributed by atoms with van der Waals surface area (Å²) in [7, 11) is 0. The molecule has 0 saturated carbocycles. The molecule has 1 aliphatic rings. The van der Waals surface area contributed by atoms with Gasteiger partial charge in [-0.05, 0) is 47.1 Å². The first kappa shape index (κ1) is 15.6. The fourth-order valence-electron chi connectivity index (χ4n) is 2.86. The molecule has 2 aromatic rings. The van der Waals surface area contributed by atoms with Crippen LogP contribution >= 0.6 is 11.8 Å². The van der Waals surface area contributed by atoms with E-state index >= 15 is 0 Å². The summed E-state index contributed by atoms with van der Waals surface area (Å²) in [6.07, 6.45) is 1.80. The van der Waals surface area contributed by atoms with E-state index in [-0.39, 0.29) is 0 Å². The van der Waals surface area contributed by atoms with E-state index in [9.17, 15) is 5.11 Å². The lowest BCUT2D eigenvalue weighted by molar-refractivity contribution is 0.0320. The molecular formula is C19H23NOS.